The van der Waals surface area contributed by atoms with E-state index in [-0.39, 0.29) is 30.4 Å². The molecule has 36 heavy (non-hydrogen) atoms. The molecular weight excluding hydrogens is 458 g/mol. The Bertz CT molecular complexity index is 1090. The van der Waals surface area contributed by atoms with Crippen LogP contribution in [0.15, 0.2) is 48.5 Å². The standard InChI is InChI=1S/C28H35N3O5/c1-5-20(3)29-25(32)24-18-36-28(31(24)27(34)22-8-6-19(2)7-9-22)14-16-30(17-15-28)26(33)21-10-12-23(35-4)13-11-21/h6-13,20,24H,5,14-18H2,1-4H3,(H,29,32). The average Bonchev–Trinajstić information content (AvgIpc) is 3.27. The van der Waals surface area contributed by atoms with Crippen molar-refractivity contribution in [1.82, 2.24) is 15.1 Å². The minimum absolute atomic E-state index is 0.00524. The SMILES string of the molecule is CCC(C)NC(=O)C1COC2(CCN(C(=O)c3ccc(OC)cc3)CC2)N1C(=O)c1ccc(C)cc1. The number of hydrogen-bond acceptors (Lipinski definition) is 5. The van der Waals surface area contributed by atoms with Gasteiger partial charge in [-0.1, -0.05) is 24.6 Å². The van der Waals surface area contributed by atoms with Crippen LogP contribution in [-0.2, 0) is 9.53 Å². The molecule has 0 radical (unpaired) electrons. The number of ether oxygens (including phenoxy) is 2. The van der Waals surface area contributed by atoms with Crippen molar-refractivity contribution in [3.05, 3.63) is 65.2 Å². The van der Waals surface area contributed by atoms with E-state index >= 15 is 0 Å². The van der Waals surface area contributed by atoms with Gasteiger partial charge in [0.25, 0.3) is 11.8 Å². The quantitative estimate of drug-likeness (QED) is 0.667. The van der Waals surface area contributed by atoms with E-state index in [0.29, 0.717) is 42.8 Å². The predicted molar refractivity (Wildman–Crippen MR) is 136 cm³/mol. The molecule has 0 aliphatic carbocycles. The molecule has 2 aliphatic heterocycles. The number of methoxy groups -OCH3 is 1. The molecule has 0 saturated carbocycles. The van der Waals surface area contributed by atoms with Crippen LogP contribution in [0, 0.1) is 6.92 Å². The Morgan fingerprint density at radius 2 is 1.61 bits per heavy atom. The number of aryl methyl sites for hydroxylation is 1. The first kappa shape index (κ1) is 25.7. The zero-order chi connectivity index (χ0) is 25.9. The molecule has 2 saturated heterocycles. The molecule has 2 atom stereocenters. The zero-order valence-corrected chi connectivity index (χ0v) is 21.5. The number of nitrogens with zero attached hydrogens (tertiary/aromatic N) is 2. The molecule has 192 valence electrons. The third kappa shape index (κ3) is 5.09. The second-order valence-corrected chi connectivity index (χ2v) is 9.65. The van der Waals surface area contributed by atoms with Crippen molar-refractivity contribution in [2.45, 2.75) is 57.8 Å². The molecule has 0 aromatic heterocycles. The predicted octanol–water partition coefficient (Wildman–Crippen LogP) is 3.39. The lowest BCUT2D eigenvalue weighted by Gasteiger charge is -2.44. The highest BCUT2D eigenvalue weighted by atomic mass is 16.5. The second kappa shape index (κ2) is 10.7. The average molecular weight is 494 g/mol. The number of nitrogens with one attached hydrogen (secondary N) is 1. The molecule has 8 nitrogen and oxygen atoms in total. The van der Waals surface area contributed by atoms with Crippen molar-refractivity contribution in [3.63, 3.8) is 0 Å². The maximum Gasteiger partial charge on any atom is 0.256 e. The van der Waals surface area contributed by atoms with Crippen molar-refractivity contribution in [2.24, 2.45) is 0 Å². The van der Waals surface area contributed by atoms with Gasteiger partial charge in [-0.2, -0.15) is 0 Å². The molecule has 2 fully saturated rings. The van der Waals surface area contributed by atoms with E-state index in [1.165, 1.54) is 0 Å². The molecule has 1 spiro atoms. The zero-order valence-electron chi connectivity index (χ0n) is 21.5. The first-order valence-electron chi connectivity index (χ1n) is 12.6. The molecule has 1 N–H and O–H groups in total. The lowest BCUT2D eigenvalue weighted by molar-refractivity contribution is -0.128. The molecule has 3 amide bonds. The first-order chi connectivity index (χ1) is 17.3. The Hall–Kier alpha value is -3.39. The minimum Gasteiger partial charge on any atom is -0.497 e. The number of likely N-dealkylation sites (tertiary alicyclic amines) is 1. The molecule has 2 aromatic rings. The molecule has 2 aromatic carbocycles. The van der Waals surface area contributed by atoms with E-state index in [0.717, 1.165) is 12.0 Å². The van der Waals surface area contributed by atoms with E-state index in [4.69, 9.17) is 9.47 Å². The van der Waals surface area contributed by atoms with E-state index in [2.05, 4.69) is 5.32 Å². The number of carbonyl (C=O) groups excluding carboxylic acids is 3. The van der Waals surface area contributed by atoms with Crippen molar-refractivity contribution in [1.29, 1.82) is 0 Å². The molecule has 2 unspecified atom stereocenters. The number of hydrogen-bond donors (Lipinski definition) is 1. The van der Waals surface area contributed by atoms with Gasteiger partial charge in [0.1, 0.15) is 17.5 Å². The Labute approximate surface area is 212 Å². The van der Waals surface area contributed by atoms with Crippen molar-refractivity contribution < 1.29 is 23.9 Å². The normalized spacial score (nSPS) is 19.7. The maximum absolute atomic E-state index is 13.8. The van der Waals surface area contributed by atoms with E-state index in [1.54, 1.807) is 53.3 Å². The Balaban J connectivity index is 1.55. The molecular formula is C28H35N3O5. The van der Waals surface area contributed by atoms with E-state index in [1.807, 2.05) is 32.9 Å². The largest absolute Gasteiger partial charge is 0.497 e. The van der Waals surface area contributed by atoms with E-state index < -0.39 is 11.8 Å². The summed E-state index contributed by atoms with van der Waals surface area (Å²) < 4.78 is 11.4. The summed E-state index contributed by atoms with van der Waals surface area (Å²) in [5.74, 6) is 0.175. The summed E-state index contributed by atoms with van der Waals surface area (Å²) in [6, 6.07) is 13.7. The van der Waals surface area contributed by atoms with Crippen LogP contribution in [0.4, 0.5) is 0 Å². The van der Waals surface area contributed by atoms with Crippen molar-refractivity contribution >= 4 is 17.7 Å². The topological polar surface area (TPSA) is 88.2 Å². The van der Waals surface area contributed by atoms with Gasteiger partial charge in [-0.05, 0) is 56.7 Å². The summed E-state index contributed by atoms with van der Waals surface area (Å²) in [6.07, 6.45) is 1.65. The fourth-order valence-electron chi connectivity index (χ4n) is 4.82. The van der Waals surface area contributed by atoms with Gasteiger partial charge in [0, 0.05) is 43.1 Å². The first-order valence-corrected chi connectivity index (χ1v) is 12.6. The van der Waals surface area contributed by atoms with Crippen LogP contribution in [0.25, 0.3) is 0 Å². The van der Waals surface area contributed by atoms with Gasteiger partial charge in [0.15, 0.2) is 0 Å². The summed E-state index contributed by atoms with van der Waals surface area (Å²) in [6.45, 7) is 6.88. The smallest absolute Gasteiger partial charge is 0.256 e. The van der Waals surface area contributed by atoms with Gasteiger partial charge in [-0.15, -0.1) is 0 Å². The van der Waals surface area contributed by atoms with Crippen molar-refractivity contribution in [2.75, 3.05) is 26.8 Å². The summed E-state index contributed by atoms with van der Waals surface area (Å²) >= 11 is 0. The fourth-order valence-corrected chi connectivity index (χ4v) is 4.82. The highest BCUT2D eigenvalue weighted by Gasteiger charge is 2.54. The summed E-state index contributed by atoms with van der Waals surface area (Å²) in [5, 5.41) is 3.01. The van der Waals surface area contributed by atoms with Gasteiger partial charge in [-0.3, -0.25) is 19.3 Å². The number of piperidine rings is 1. The summed E-state index contributed by atoms with van der Waals surface area (Å²) in [5.41, 5.74) is 1.22. The van der Waals surface area contributed by atoms with Gasteiger partial charge >= 0.3 is 0 Å². The monoisotopic (exact) mass is 493 g/mol. The summed E-state index contributed by atoms with van der Waals surface area (Å²) in [4.78, 5) is 43.5. The van der Waals surface area contributed by atoms with Gasteiger partial charge < -0.3 is 19.7 Å². The fraction of sp³-hybridized carbons (Fsp3) is 0.464. The number of benzene rings is 2. The van der Waals surface area contributed by atoms with Gasteiger partial charge in [0.05, 0.1) is 13.7 Å². The van der Waals surface area contributed by atoms with Crippen molar-refractivity contribution in [3.8, 4) is 5.75 Å². The Kier molecular flexibility index (Phi) is 7.64. The lowest BCUT2D eigenvalue weighted by atomic mass is 9.96. The highest BCUT2D eigenvalue weighted by Crippen LogP contribution is 2.39. The van der Waals surface area contributed by atoms with Gasteiger partial charge in [0.2, 0.25) is 5.91 Å². The van der Waals surface area contributed by atoms with Crippen LogP contribution in [-0.4, -0.2) is 72.1 Å². The molecule has 2 aliphatic rings. The molecule has 0 bridgehead atoms. The molecule has 2 heterocycles. The van der Waals surface area contributed by atoms with Crippen LogP contribution < -0.4 is 10.1 Å². The lowest BCUT2D eigenvalue weighted by Crippen LogP contribution is -2.60. The van der Waals surface area contributed by atoms with E-state index in [9.17, 15) is 14.4 Å². The van der Waals surface area contributed by atoms with Crippen LogP contribution >= 0.6 is 0 Å². The van der Waals surface area contributed by atoms with Crippen LogP contribution in [0.2, 0.25) is 0 Å². The minimum atomic E-state index is -0.934. The number of rotatable bonds is 6. The number of amides is 3. The second-order valence-electron chi connectivity index (χ2n) is 9.65. The molecule has 8 heteroatoms. The Morgan fingerprint density at radius 3 is 2.19 bits per heavy atom. The molecule has 4 rings (SSSR count). The van der Waals surface area contributed by atoms with Gasteiger partial charge in [-0.25, -0.2) is 0 Å². The summed E-state index contributed by atoms with van der Waals surface area (Å²) in [7, 11) is 1.59. The third-order valence-corrected chi connectivity index (χ3v) is 7.25. The van der Waals surface area contributed by atoms with Crippen LogP contribution in [0.5, 0.6) is 5.75 Å². The Morgan fingerprint density at radius 1 is 1.03 bits per heavy atom. The number of carbonyl (C=O) groups is 3. The highest BCUT2D eigenvalue weighted by molar-refractivity contribution is 5.98. The third-order valence-electron chi connectivity index (χ3n) is 7.25. The maximum atomic E-state index is 13.8. The van der Waals surface area contributed by atoms with Crippen LogP contribution in [0.3, 0.4) is 0 Å². The van der Waals surface area contributed by atoms with Crippen LogP contribution in [0.1, 0.15) is 59.4 Å².